The summed E-state index contributed by atoms with van der Waals surface area (Å²) in [5.41, 5.74) is 0.508. The van der Waals surface area contributed by atoms with Crippen LogP contribution in [0, 0.1) is 37.3 Å². The molecule has 0 amide bonds. The van der Waals surface area contributed by atoms with Gasteiger partial charge in [0, 0.05) is 18.2 Å². The zero-order chi connectivity index (χ0) is 26.5. The van der Waals surface area contributed by atoms with Crippen LogP contribution in [0.15, 0.2) is 66.7 Å². The minimum Gasteiger partial charge on any atom is -0.486 e. The highest BCUT2D eigenvalue weighted by molar-refractivity contribution is 6.18. The molecule has 0 aliphatic carbocycles. The zero-order valence-electron chi connectivity index (χ0n) is 19.1. The van der Waals surface area contributed by atoms with Crippen molar-refractivity contribution < 1.29 is 29.0 Å². The van der Waals surface area contributed by atoms with E-state index >= 15 is 0 Å². The van der Waals surface area contributed by atoms with E-state index in [9.17, 15) is 30.3 Å². The van der Waals surface area contributed by atoms with E-state index in [0.29, 0.717) is 5.88 Å². The highest BCUT2D eigenvalue weighted by atomic mass is 35.5. The second kappa shape index (κ2) is 14.1. The highest BCUT2D eigenvalue weighted by Crippen LogP contribution is 2.29. The van der Waals surface area contributed by atoms with Gasteiger partial charge in [0.15, 0.2) is 17.2 Å². The Morgan fingerprint density at radius 3 is 1.53 bits per heavy atom. The molecule has 3 aromatic carbocycles. The maximum Gasteiger partial charge on any atom is 0.310 e. The number of benzene rings is 3. The lowest BCUT2D eigenvalue weighted by Crippen LogP contribution is -2.10. The number of alkyl halides is 1. The number of nitro benzene ring substituents is 3. The minimum absolute atomic E-state index is 0.0238. The molecule has 0 saturated heterocycles. The zero-order valence-corrected chi connectivity index (χ0v) is 19.8. The van der Waals surface area contributed by atoms with Gasteiger partial charge in [0.1, 0.15) is 19.8 Å². The van der Waals surface area contributed by atoms with Crippen LogP contribution >= 0.6 is 11.6 Å². The molecule has 0 aliphatic heterocycles. The van der Waals surface area contributed by atoms with Crippen molar-refractivity contribution in [2.75, 3.05) is 25.7 Å². The largest absolute Gasteiger partial charge is 0.486 e. The van der Waals surface area contributed by atoms with Gasteiger partial charge in [0.25, 0.3) is 0 Å². The molecule has 36 heavy (non-hydrogen) atoms. The fourth-order valence-corrected chi connectivity index (χ4v) is 2.88. The summed E-state index contributed by atoms with van der Waals surface area (Å²) in [6.45, 7) is 2.11. The number of ether oxygens (including phenoxy) is 3. The van der Waals surface area contributed by atoms with Gasteiger partial charge in [-0.05, 0) is 30.7 Å². The lowest BCUT2D eigenvalue weighted by molar-refractivity contribution is -0.386. The van der Waals surface area contributed by atoms with Gasteiger partial charge < -0.3 is 14.2 Å². The summed E-state index contributed by atoms with van der Waals surface area (Å²) in [7, 11) is 0. The number of hydrogen-bond donors (Lipinski definition) is 0. The Morgan fingerprint density at radius 2 is 1.06 bits per heavy atom. The molecular formula is C23H22ClN3O9. The molecule has 0 unspecified atom stereocenters. The van der Waals surface area contributed by atoms with Crippen molar-refractivity contribution >= 4 is 28.7 Å². The van der Waals surface area contributed by atoms with Gasteiger partial charge in [-0.25, -0.2) is 0 Å². The lowest BCUT2D eigenvalue weighted by atomic mass is 10.2. The van der Waals surface area contributed by atoms with E-state index in [1.807, 2.05) is 0 Å². The van der Waals surface area contributed by atoms with Crippen molar-refractivity contribution in [1.82, 2.24) is 0 Å². The number of rotatable bonds is 11. The van der Waals surface area contributed by atoms with Crippen molar-refractivity contribution in [3.8, 4) is 17.2 Å². The molecule has 190 valence electrons. The van der Waals surface area contributed by atoms with Crippen LogP contribution in [0.3, 0.4) is 0 Å². The van der Waals surface area contributed by atoms with E-state index in [1.54, 1.807) is 43.3 Å². The number of nitro groups is 3. The third-order valence-corrected chi connectivity index (χ3v) is 4.52. The Bertz CT molecular complexity index is 1210. The maximum absolute atomic E-state index is 10.9. The quantitative estimate of drug-likeness (QED) is 0.138. The minimum atomic E-state index is -0.540. The fourth-order valence-electron chi connectivity index (χ4n) is 2.80. The molecule has 0 fully saturated rings. The Morgan fingerprint density at radius 1 is 0.639 bits per heavy atom. The molecule has 3 rings (SSSR count). The van der Waals surface area contributed by atoms with Gasteiger partial charge >= 0.3 is 17.1 Å². The van der Waals surface area contributed by atoms with E-state index < -0.39 is 14.8 Å². The lowest BCUT2D eigenvalue weighted by Gasteiger charge is -2.09. The third kappa shape index (κ3) is 8.40. The van der Waals surface area contributed by atoms with Crippen LogP contribution in [0.2, 0.25) is 0 Å². The first-order valence-electron chi connectivity index (χ1n) is 10.4. The number of hydrogen-bond acceptors (Lipinski definition) is 9. The van der Waals surface area contributed by atoms with Crippen LogP contribution in [0.25, 0.3) is 0 Å². The molecule has 0 N–H and O–H groups in total. The van der Waals surface area contributed by atoms with Gasteiger partial charge in [-0.1, -0.05) is 30.3 Å². The molecule has 13 heteroatoms. The van der Waals surface area contributed by atoms with Crippen molar-refractivity contribution in [2.45, 2.75) is 6.92 Å². The molecule has 0 bridgehead atoms. The molecule has 0 saturated carbocycles. The topological polar surface area (TPSA) is 157 Å². The normalized spacial score (nSPS) is 9.94. The predicted octanol–water partition coefficient (Wildman–Crippen LogP) is 5.48. The van der Waals surface area contributed by atoms with Gasteiger partial charge in [0.05, 0.1) is 20.6 Å². The maximum atomic E-state index is 10.9. The number of nitrogens with zero attached hydrogens (tertiary/aromatic N) is 3. The van der Waals surface area contributed by atoms with Crippen LogP contribution in [-0.2, 0) is 0 Å². The summed E-state index contributed by atoms with van der Waals surface area (Å²) in [6, 6.07) is 16.7. The van der Waals surface area contributed by atoms with Crippen molar-refractivity contribution in [3.05, 3.63) is 103 Å². The van der Waals surface area contributed by atoms with E-state index in [4.69, 9.17) is 25.8 Å². The Balaban J connectivity index is 0.000000297. The second-order valence-corrected chi connectivity index (χ2v) is 7.29. The first-order chi connectivity index (χ1) is 17.2. The fraction of sp³-hybridized carbons (Fsp3) is 0.217. The molecule has 12 nitrogen and oxygen atoms in total. The van der Waals surface area contributed by atoms with Crippen molar-refractivity contribution in [1.29, 1.82) is 0 Å². The number of halogens is 1. The van der Waals surface area contributed by atoms with Gasteiger partial charge in [-0.3, -0.25) is 30.3 Å². The van der Waals surface area contributed by atoms with E-state index in [1.165, 1.54) is 30.3 Å². The van der Waals surface area contributed by atoms with Crippen LogP contribution in [0.5, 0.6) is 17.2 Å². The standard InChI is InChI=1S/C15H14N2O6.C8H8ClNO3/c1-11-6-7-13(17(20)21)15(10-11)23-9-8-22-14-5-3-2-4-12(14)16(18)19;9-5-6-13-8-4-2-1-3-7(8)10(11)12/h2-7,10H,8-9H2,1H3;1-4H,5-6H2. The molecule has 0 heterocycles. The molecule has 0 spiro atoms. The number of aryl methyl sites for hydroxylation is 1. The highest BCUT2D eigenvalue weighted by Gasteiger charge is 2.16. The first-order valence-corrected chi connectivity index (χ1v) is 10.9. The molecule has 0 atom stereocenters. The van der Waals surface area contributed by atoms with Gasteiger partial charge in [-0.15, -0.1) is 11.6 Å². The Kier molecular flexibility index (Phi) is 10.9. The average molecular weight is 520 g/mol. The summed E-state index contributed by atoms with van der Waals surface area (Å²) in [4.78, 5) is 30.7. The van der Waals surface area contributed by atoms with Crippen molar-refractivity contribution in [3.63, 3.8) is 0 Å². The monoisotopic (exact) mass is 519 g/mol. The van der Waals surface area contributed by atoms with Crippen LogP contribution in [-0.4, -0.2) is 40.5 Å². The summed E-state index contributed by atoms with van der Waals surface area (Å²) < 4.78 is 15.8. The first kappa shape index (κ1) is 27.8. The Hall–Kier alpha value is -4.45. The van der Waals surface area contributed by atoms with Crippen LogP contribution in [0.1, 0.15) is 5.56 Å². The Labute approximate surface area is 210 Å². The van der Waals surface area contributed by atoms with E-state index in [-0.39, 0.29) is 54.1 Å². The molecule has 0 aromatic heterocycles. The third-order valence-electron chi connectivity index (χ3n) is 4.37. The van der Waals surface area contributed by atoms with Crippen molar-refractivity contribution in [2.24, 2.45) is 0 Å². The molecule has 0 aliphatic rings. The molecular weight excluding hydrogens is 498 g/mol. The second-order valence-electron chi connectivity index (χ2n) is 6.91. The van der Waals surface area contributed by atoms with Crippen LogP contribution < -0.4 is 14.2 Å². The molecule has 0 radical (unpaired) electrons. The number of para-hydroxylation sites is 4. The molecule has 3 aromatic rings. The van der Waals surface area contributed by atoms with Gasteiger partial charge in [-0.2, -0.15) is 0 Å². The van der Waals surface area contributed by atoms with Crippen LogP contribution in [0.4, 0.5) is 17.1 Å². The summed E-state index contributed by atoms with van der Waals surface area (Å²) in [5, 5.41) is 32.3. The summed E-state index contributed by atoms with van der Waals surface area (Å²) in [6.07, 6.45) is 0. The SMILES string of the molecule is Cc1ccc([N+](=O)[O-])c(OCCOc2ccccc2[N+](=O)[O-])c1.O=[N+]([O-])c1ccccc1OCCCl. The van der Waals surface area contributed by atoms with E-state index in [0.717, 1.165) is 5.56 Å². The predicted molar refractivity (Wildman–Crippen MR) is 131 cm³/mol. The average Bonchev–Trinajstić information content (AvgIpc) is 2.86. The summed E-state index contributed by atoms with van der Waals surface area (Å²) >= 11 is 5.39. The summed E-state index contributed by atoms with van der Waals surface area (Å²) in [5.74, 6) is 0.834. The van der Waals surface area contributed by atoms with E-state index in [2.05, 4.69) is 0 Å². The van der Waals surface area contributed by atoms with Gasteiger partial charge in [0.2, 0.25) is 0 Å². The smallest absolute Gasteiger partial charge is 0.310 e.